The molecular weight excluding hydrogens is 246 g/mol. The molecule has 17 heavy (non-hydrogen) atoms. The van der Waals surface area contributed by atoms with Gasteiger partial charge in [-0.3, -0.25) is 4.79 Å². The van der Waals surface area contributed by atoms with E-state index < -0.39 is 11.2 Å². The van der Waals surface area contributed by atoms with Crippen molar-refractivity contribution in [2.45, 2.75) is 26.0 Å². The van der Waals surface area contributed by atoms with Crippen molar-refractivity contribution in [1.82, 2.24) is 9.78 Å². The number of hydrogen-bond donors (Lipinski definition) is 3. The van der Waals surface area contributed by atoms with Gasteiger partial charge in [-0.15, -0.1) is 0 Å². The predicted octanol–water partition coefficient (Wildman–Crippen LogP) is 0.0718. The van der Waals surface area contributed by atoms with Gasteiger partial charge in [0, 0.05) is 6.54 Å². The molecule has 96 valence electrons. The SMILES string of the molecule is CC(C)(O)CNc1cnn(CCO)c(=O)c1Cl. The molecule has 0 fully saturated rings. The summed E-state index contributed by atoms with van der Waals surface area (Å²) in [6.07, 6.45) is 1.39. The first-order valence-corrected chi connectivity index (χ1v) is 5.55. The molecule has 7 heteroatoms. The first-order chi connectivity index (χ1) is 7.85. The van der Waals surface area contributed by atoms with E-state index in [0.717, 1.165) is 4.68 Å². The maximum absolute atomic E-state index is 11.7. The zero-order valence-electron chi connectivity index (χ0n) is 9.77. The average Bonchev–Trinajstić information content (AvgIpc) is 2.23. The number of aliphatic hydroxyl groups excluding tert-OH is 1. The maximum Gasteiger partial charge on any atom is 0.287 e. The Morgan fingerprint density at radius 3 is 2.76 bits per heavy atom. The second kappa shape index (κ2) is 5.48. The highest BCUT2D eigenvalue weighted by atomic mass is 35.5. The molecule has 3 N–H and O–H groups in total. The van der Waals surface area contributed by atoms with E-state index in [4.69, 9.17) is 16.7 Å². The number of aromatic nitrogens is 2. The Kier molecular flexibility index (Phi) is 4.50. The van der Waals surface area contributed by atoms with E-state index in [2.05, 4.69) is 10.4 Å². The van der Waals surface area contributed by atoms with Gasteiger partial charge in [0.05, 0.1) is 30.6 Å². The summed E-state index contributed by atoms with van der Waals surface area (Å²) in [6.45, 7) is 3.44. The first kappa shape index (κ1) is 14.0. The molecule has 0 aliphatic rings. The standard InChI is InChI=1S/C10H16ClN3O3/c1-10(2,17)6-12-7-5-13-14(3-4-15)9(16)8(7)11/h5,12,15,17H,3-4,6H2,1-2H3. The van der Waals surface area contributed by atoms with Crippen LogP contribution in [0.5, 0.6) is 0 Å². The van der Waals surface area contributed by atoms with Gasteiger partial charge in [0.25, 0.3) is 5.56 Å². The Labute approximate surface area is 104 Å². The molecule has 1 rings (SSSR count). The van der Waals surface area contributed by atoms with Gasteiger partial charge < -0.3 is 15.5 Å². The van der Waals surface area contributed by atoms with Crippen LogP contribution in [0, 0.1) is 0 Å². The fourth-order valence-corrected chi connectivity index (χ4v) is 1.37. The van der Waals surface area contributed by atoms with Crippen LogP contribution >= 0.6 is 11.6 Å². The Morgan fingerprint density at radius 1 is 1.59 bits per heavy atom. The van der Waals surface area contributed by atoms with Crippen molar-refractivity contribution in [1.29, 1.82) is 0 Å². The minimum Gasteiger partial charge on any atom is -0.394 e. The molecule has 0 unspecified atom stereocenters. The smallest absolute Gasteiger partial charge is 0.287 e. The molecule has 0 radical (unpaired) electrons. The molecule has 0 bridgehead atoms. The van der Waals surface area contributed by atoms with Crippen LogP contribution in [0.2, 0.25) is 5.02 Å². The monoisotopic (exact) mass is 261 g/mol. The summed E-state index contributed by atoms with van der Waals surface area (Å²) in [5.74, 6) is 0. The molecule has 0 amide bonds. The molecule has 0 saturated heterocycles. The van der Waals surface area contributed by atoms with Crippen LogP contribution in [0.4, 0.5) is 5.69 Å². The maximum atomic E-state index is 11.7. The molecule has 0 aliphatic carbocycles. The Morgan fingerprint density at radius 2 is 2.24 bits per heavy atom. The van der Waals surface area contributed by atoms with Crippen LogP contribution in [0.1, 0.15) is 13.8 Å². The van der Waals surface area contributed by atoms with E-state index in [0.29, 0.717) is 5.69 Å². The fraction of sp³-hybridized carbons (Fsp3) is 0.600. The third-order valence-corrected chi connectivity index (χ3v) is 2.37. The van der Waals surface area contributed by atoms with E-state index in [9.17, 15) is 9.90 Å². The molecule has 1 heterocycles. The quantitative estimate of drug-likeness (QED) is 0.698. The number of nitrogens with one attached hydrogen (secondary N) is 1. The Hall–Kier alpha value is -1.11. The molecule has 0 aliphatic heterocycles. The molecule has 6 nitrogen and oxygen atoms in total. The molecule has 0 atom stereocenters. The predicted molar refractivity (Wildman–Crippen MR) is 65.4 cm³/mol. The van der Waals surface area contributed by atoms with E-state index in [1.54, 1.807) is 13.8 Å². The third-order valence-electron chi connectivity index (χ3n) is 2.01. The van der Waals surface area contributed by atoms with E-state index in [1.807, 2.05) is 0 Å². The molecule has 0 aromatic carbocycles. The summed E-state index contributed by atoms with van der Waals surface area (Å²) in [7, 11) is 0. The van der Waals surface area contributed by atoms with Gasteiger partial charge >= 0.3 is 0 Å². The summed E-state index contributed by atoms with van der Waals surface area (Å²) >= 11 is 5.86. The summed E-state index contributed by atoms with van der Waals surface area (Å²) in [4.78, 5) is 11.7. The Balaban J connectivity index is 2.89. The lowest BCUT2D eigenvalue weighted by atomic mass is 10.1. The van der Waals surface area contributed by atoms with Crippen LogP contribution in [-0.4, -0.2) is 38.7 Å². The van der Waals surface area contributed by atoms with Gasteiger partial charge in [0.1, 0.15) is 5.02 Å². The van der Waals surface area contributed by atoms with Crippen molar-refractivity contribution < 1.29 is 10.2 Å². The lowest BCUT2D eigenvalue weighted by molar-refractivity contribution is 0.0945. The summed E-state index contributed by atoms with van der Waals surface area (Å²) in [6, 6.07) is 0. The lowest BCUT2D eigenvalue weighted by Crippen LogP contribution is -2.31. The van der Waals surface area contributed by atoms with Crippen LogP contribution < -0.4 is 10.9 Å². The van der Waals surface area contributed by atoms with Crippen molar-refractivity contribution in [3.05, 3.63) is 21.6 Å². The molecule has 0 saturated carbocycles. The molecular formula is C10H16ClN3O3. The van der Waals surface area contributed by atoms with E-state index >= 15 is 0 Å². The summed E-state index contributed by atoms with van der Waals surface area (Å²) < 4.78 is 1.08. The number of nitrogens with zero attached hydrogens (tertiary/aromatic N) is 2. The van der Waals surface area contributed by atoms with Crippen molar-refractivity contribution >= 4 is 17.3 Å². The second-order valence-corrected chi connectivity index (χ2v) is 4.67. The number of halogens is 1. The second-order valence-electron chi connectivity index (χ2n) is 4.29. The minimum atomic E-state index is -0.913. The van der Waals surface area contributed by atoms with Crippen molar-refractivity contribution in [3.63, 3.8) is 0 Å². The highest BCUT2D eigenvalue weighted by Gasteiger charge is 2.14. The van der Waals surface area contributed by atoms with Crippen LogP contribution in [-0.2, 0) is 6.54 Å². The van der Waals surface area contributed by atoms with Crippen LogP contribution in [0.3, 0.4) is 0 Å². The van der Waals surface area contributed by atoms with Crippen molar-refractivity contribution in [2.24, 2.45) is 0 Å². The number of hydrogen-bond acceptors (Lipinski definition) is 5. The zero-order chi connectivity index (χ0) is 13.1. The van der Waals surface area contributed by atoms with Gasteiger partial charge in [-0.25, -0.2) is 4.68 Å². The van der Waals surface area contributed by atoms with Gasteiger partial charge in [-0.1, -0.05) is 11.6 Å². The molecule has 1 aromatic heterocycles. The summed E-state index contributed by atoms with van der Waals surface area (Å²) in [5, 5.41) is 24.9. The third kappa shape index (κ3) is 3.99. The van der Waals surface area contributed by atoms with E-state index in [1.165, 1.54) is 6.20 Å². The van der Waals surface area contributed by atoms with Gasteiger partial charge in [-0.05, 0) is 13.8 Å². The number of aliphatic hydroxyl groups is 2. The normalized spacial score (nSPS) is 11.6. The molecule has 1 aromatic rings. The lowest BCUT2D eigenvalue weighted by Gasteiger charge is -2.19. The topological polar surface area (TPSA) is 87.4 Å². The summed E-state index contributed by atoms with van der Waals surface area (Å²) in [5.41, 5.74) is -1.02. The highest BCUT2D eigenvalue weighted by Crippen LogP contribution is 2.16. The highest BCUT2D eigenvalue weighted by molar-refractivity contribution is 6.32. The first-order valence-electron chi connectivity index (χ1n) is 5.18. The average molecular weight is 262 g/mol. The van der Waals surface area contributed by atoms with Crippen molar-refractivity contribution in [2.75, 3.05) is 18.5 Å². The van der Waals surface area contributed by atoms with Gasteiger partial charge in [0.2, 0.25) is 0 Å². The van der Waals surface area contributed by atoms with Crippen molar-refractivity contribution in [3.8, 4) is 0 Å². The number of rotatable bonds is 5. The van der Waals surface area contributed by atoms with Gasteiger partial charge in [0.15, 0.2) is 0 Å². The van der Waals surface area contributed by atoms with Gasteiger partial charge in [-0.2, -0.15) is 5.10 Å². The van der Waals surface area contributed by atoms with Crippen LogP contribution in [0.15, 0.2) is 11.0 Å². The largest absolute Gasteiger partial charge is 0.394 e. The Bertz CT molecular complexity index is 439. The molecule has 0 spiro atoms. The minimum absolute atomic E-state index is 0.00213. The number of anilines is 1. The van der Waals surface area contributed by atoms with E-state index in [-0.39, 0.29) is 24.7 Å². The zero-order valence-corrected chi connectivity index (χ0v) is 10.5. The van der Waals surface area contributed by atoms with Crippen LogP contribution in [0.25, 0.3) is 0 Å². The fourth-order valence-electron chi connectivity index (χ4n) is 1.15.